The van der Waals surface area contributed by atoms with Crippen molar-refractivity contribution in [3.05, 3.63) is 46.9 Å². The van der Waals surface area contributed by atoms with Gasteiger partial charge >= 0.3 is 0 Å². The fraction of sp³-hybridized carbons (Fsp3) is 0.375. The van der Waals surface area contributed by atoms with Crippen LogP contribution in [0.15, 0.2) is 46.9 Å². The maximum absolute atomic E-state index is 12.9. The van der Waals surface area contributed by atoms with Crippen molar-refractivity contribution >= 4 is 44.4 Å². The molecule has 0 atom stereocenters. The van der Waals surface area contributed by atoms with E-state index in [1.165, 1.54) is 0 Å². The summed E-state index contributed by atoms with van der Waals surface area (Å²) in [5, 5.41) is 3.02. The van der Waals surface area contributed by atoms with Gasteiger partial charge < -0.3 is 19.7 Å². The Bertz CT molecular complexity index is 1100. The molecule has 0 saturated carbocycles. The van der Waals surface area contributed by atoms with Gasteiger partial charge in [0.05, 0.1) is 30.4 Å². The minimum Gasteiger partial charge on any atom is -0.495 e. The van der Waals surface area contributed by atoms with Crippen molar-refractivity contribution in [3.63, 3.8) is 0 Å². The number of rotatable bonds is 7. The van der Waals surface area contributed by atoms with Crippen molar-refractivity contribution in [1.82, 2.24) is 9.97 Å². The van der Waals surface area contributed by atoms with Gasteiger partial charge in [0, 0.05) is 23.5 Å². The Morgan fingerprint density at radius 1 is 1.16 bits per heavy atom. The highest BCUT2D eigenvalue weighted by Gasteiger charge is 2.28. The van der Waals surface area contributed by atoms with Crippen LogP contribution in [0.1, 0.15) is 26.2 Å². The number of piperidine rings is 1. The largest absolute Gasteiger partial charge is 0.495 e. The quantitative estimate of drug-likeness (QED) is 0.491. The number of hydrogen-bond acceptors (Lipinski definition) is 6. The molecule has 0 unspecified atom stereocenters. The van der Waals surface area contributed by atoms with Gasteiger partial charge in [0.25, 0.3) is 5.88 Å². The van der Waals surface area contributed by atoms with Crippen molar-refractivity contribution < 1.29 is 14.3 Å². The maximum Gasteiger partial charge on any atom is 0.258 e. The molecule has 0 spiro atoms. The van der Waals surface area contributed by atoms with Crippen molar-refractivity contribution in [3.8, 4) is 11.6 Å². The lowest BCUT2D eigenvalue weighted by molar-refractivity contribution is -0.120. The van der Waals surface area contributed by atoms with E-state index >= 15 is 0 Å². The second kappa shape index (κ2) is 10.2. The number of nitrogens with zero attached hydrogens (tertiary/aromatic N) is 3. The summed E-state index contributed by atoms with van der Waals surface area (Å²) in [4.78, 5) is 24.6. The van der Waals surface area contributed by atoms with E-state index in [-0.39, 0.29) is 11.8 Å². The average Bonchev–Trinajstić information content (AvgIpc) is 2.83. The molecule has 1 amide bonds. The molecule has 0 aliphatic carbocycles. The van der Waals surface area contributed by atoms with E-state index < -0.39 is 0 Å². The summed E-state index contributed by atoms with van der Waals surface area (Å²) in [5.41, 5.74) is 2.34. The SMILES string of the molecule is CCCOc1nc2ccccc2nc1N1CCC(C(=O)Nc2ccc(Br)cc2OC)CC1. The number of anilines is 2. The van der Waals surface area contributed by atoms with Crippen molar-refractivity contribution in [2.45, 2.75) is 26.2 Å². The molecule has 1 aliphatic heterocycles. The predicted molar refractivity (Wildman–Crippen MR) is 130 cm³/mol. The summed E-state index contributed by atoms with van der Waals surface area (Å²) in [6.45, 7) is 4.09. The van der Waals surface area contributed by atoms with Gasteiger partial charge in [-0.15, -0.1) is 0 Å². The molecule has 1 fully saturated rings. The van der Waals surface area contributed by atoms with Crippen LogP contribution in [0.5, 0.6) is 11.6 Å². The molecule has 0 radical (unpaired) electrons. The molecule has 4 rings (SSSR count). The summed E-state index contributed by atoms with van der Waals surface area (Å²) in [5.74, 6) is 1.89. The lowest BCUT2D eigenvalue weighted by atomic mass is 9.95. The van der Waals surface area contributed by atoms with Crippen molar-refractivity contribution in [2.24, 2.45) is 5.92 Å². The summed E-state index contributed by atoms with van der Waals surface area (Å²) >= 11 is 3.43. The average molecular weight is 499 g/mol. The van der Waals surface area contributed by atoms with Gasteiger partial charge in [-0.3, -0.25) is 4.79 Å². The van der Waals surface area contributed by atoms with Crippen LogP contribution in [0.4, 0.5) is 11.5 Å². The molecule has 168 valence electrons. The minimum atomic E-state index is -0.0759. The zero-order chi connectivity index (χ0) is 22.5. The molecular formula is C24H27BrN4O3. The van der Waals surface area contributed by atoms with Gasteiger partial charge in [0.2, 0.25) is 5.91 Å². The Balaban J connectivity index is 1.46. The molecule has 1 aromatic heterocycles. The number of fused-ring (bicyclic) bond motifs is 1. The van der Waals surface area contributed by atoms with Gasteiger partial charge in [-0.1, -0.05) is 35.0 Å². The molecular weight excluding hydrogens is 472 g/mol. The third-order valence-corrected chi connectivity index (χ3v) is 6.04. The highest BCUT2D eigenvalue weighted by Crippen LogP contribution is 2.32. The fourth-order valence-corrected chi connectivity index (χ4v) is 4.17. The monoisotopic (exact) mass is 498 g/mol. The number of hydrogen-bond donors (Lipinski definition) is 1. The van der Waals surface area contributed by atoms with Crippen LogP contribution in [0.3, 0.4) is 0 Å². The third-order valence-electron chi connectivity index (χ3n) is 5.55. The topological polar surface area (TPSA) is 76.6 Å². The smallest absolute Gasteiger partial charge is 0.258 e. The molecule has 2 aromatic carbocycles. The summed E-state index contributed by atoms with van der Waals surface area (Å²) in [7, 11) is 1.60. The highest BCUT2D eigenvalue weighted by molar-refractivity contribution is 9.10. The predicted octanol–water partition coefficient (Wildman–Crippen LogP) is 5.04. The minimum absolute atomic E-state index is 0.0114. The summed E-state index contributed by atoms with van der Waals surface area (Å²) < 4.78 is 12.2. The number of ether oxygens (including phenoxy) is 2. The van der Waals surface area contributed by atoms with E-state index in [1.54, 1.807) is 7.11 Å². The van der Waals surface area contributed by atoms with Crippen LogP contribution in [0.2, 0.25) is 0 Å². The van der Waals surface area contributed by atoms with Crippen LogP contribution in [-0.2, 0) is 4.79 Å². The molecule has 2 heterocycles. The normalized spacial score (nSPS) is 14.4. The number of halogens is 1. The molecule has 1 saturated heterocycles. The lowest BCUT2D eigenvalue weighted by Gasteiger charge is -2.32. The number of amides is 1. The molecule has 8 heteroatoms. The second-order valence-electron chi connectivity index (χ2n) is 7.78. The first kappa shape index (κ1) is 22.3. The molecule has 0 bridgehead atoms. The third kappa shape index (κ3) is 4.96. The van der Waals surface area contributed by atoms with Crippen LogP contribution in [0, 0.1) is 5.92 Å². The number of para-hydroxylation sites is 2. The molecule has 1 aliphatic rings. The van der Waals surface area contributed by atoms with E-state index in [9.17, 15) is 4.79 Å². The van der Waals surface area contributed by atoms with Gasteiger partial charge in [0.1, 0.15) is 5.75 Å². The molecule has 1 N–H and O–H groups in total. The van der Waals surface area contributed by atoms with Crippen molar-refractivity contribution in [1.29, 1.82) is 0 Å². The Morgan fingerprint density at radius 3 is 2.56 bits per heavy atom. The number of benzene rings is 2. The fourth-order valence-electron chi connectivity index (χ4n) is 3.83. The van der Waals surface area contributed by atoms with Crippen molar-refractivity contribution in [2.75, 3.05) is 37.0 Å². The highest BCUT2D eigenvalue weighted by atomic mass is 79.9. The van der Waals surface area contributed by atoms with Gasteiger partial charge in [-0.2, -0.15) is 0 Å². The van der Waals surface area contributed by atoms with E-state index in [0.717, 1.165) is 40.6 Å². The zero-order valence-electron chi connectivity index (χ0n) is 18.3. The number of carbonyl (C=O) groups is 1. The summed E-state index contributed by atoms with van der Waals surface area (Å²) in [6.07, 6.45) is 2.36. The number of methoxy groups -OCH3 is 1. The standard InChI is InChI=1S/C24H27BrN4O3/c1-3-14-32-24-22(26-18-6-4-5-7-19(18)28-24)29-12-10-16(11-13-29)23(30)27-20-9-8-17(25)15-21(20)31-2/h4-9,15-16H,3,10-14H2,1-2H3,(H,27,30). The number of aromatic nitrogens is 2. The lowest BCUT2D eigenvalue weighted by Crippen LogP contribution is -2.39. The van der Waals surface area contributed by atoms with Gasteiger partial charge in [-0.25, -0.2) is 9.97 Å². The van der Waals surface area contributed by atoms with Crippen LogP contribution in [0.25, 0.3) is 11.0 Å². The number of carbonyl (C=O) groups excluding carboxylic acids is 1. The van der Waals surface area contributed by atoms with Gasteiger partial charge in [0.15, 0.2) is 5.82 Å². The Morgan fingerprint density at radius 2 is 1.88 bits per heavy atom. The second-order valence-corrected chi connectivity index (χ2v) is 8.70. The summed E-state index contributed by atoms with van der Waals surface area (Å²) in [6, 6.07) is 13.4. The van der Waals surface area contributed by atoms with Crippen LogP contribution < -0.4 is 19.7 Å². The molecule has 3 aromatic rings. The first-order valence-corrected chi connectivity index (χ1v) is 11.7. The van der Waals surface area contributed by atoms with Crippen LogP contribution in [-0.4, -0.2) is 42.7 Å². The number of nitrogens with one attached hydrogen (secondary N) is 1. The van der Waals surface area contributed by atoms with E-state index in [4.69, 9.17) is 19.4 Å². The van der Waals surface area contributed by atoms with Gasteiger partial charge in [-0.05, 0) is 49.6 Å². The zero-order valence-corrected chi connectivity index (χ0v) is 19.9. The van der Waals surface area contributed by atoms with E-state index in [1.807, 2.05) is 42.5 Å². The van der Waals surface area contributed by atoms with Crippen LogP contribution >= 0.6 is 15.9 Å². The first-order valence-electron chi connectivity index (χ1n) is 10.9. The Hall–Kier alpha value is -2.87. The molecule has 7 nitrogen and oxygen atoms in total. The molecule has 32 heavy (non-hydrogen) atoms. The Kier molecular flexibility index (Phi) is 7.09. The first-order chi connectivity index (χ1) is 15.6. The maximum atomic E-state index is 12.9. The van der Waals surface area contributed by atoms with E-state index in [0.29, 0.717) is 37.0 Å². The van der Waals surface area contributed by atoms with E-state index in [2.05, 4.69) is 33.1 Å². The Labute approximate surface area is 196 Å².